The fourth-order valence-electron chi connectivity index (χ4n) is 2.86. The number of methoxy groups -OCH3 is 1. The van der Waals surface area contributed by atoms with Gasteiger partial charge in [0.05, 0.1) is 7.11 Å². The molecule has 0 aromatic heterocycles. The van der Waals surface area contributed by atoms with Gasteiger partial charge in [-0.1, -0.05) is 20.8 Å². The van der Waals surface area contributed by atoms with Crippen LogP contribution in [0.5, 0.6) is 11.5 Å². The van der Waals surface area contributed by atoms with E-state index >= 15 is 0 Å². The van der Waals surface area contributed by atoms with Gasteiger partial charge in [0, 0.05) is 23.6 Å². The number of hydrogen-bond acceptors (Lipinski definition) is 3. The third-order valence-electron chi connectivity index (χ3n) is 3.79. The average Bonchev–Trinajstić information content (AvgIpc) is 2.35. The molecule has 120 valence electrons. The van der Waals surface area contributed by atoms with Crippen LogP contribution in [-0.4, -0.2) is 18.5 Å². The molecule has 1 aliphatic heterocycles. The van der Waals surface area contributed by atoms with Gasteiger partial charge in [-0.15, -0.1) is 0 Å². The number of allylic oxidation sites excluding steroid dienone is 1. The topological polar surface area (TPSA) is 35.5 Å². The van der Waals surface area contributed by atoms with E-state index in [1.807, 2.05) is 12.1 Å². The summed E-state index contributed by atoms with van der Waals surface area (Å²) in [4.78, 5) is 11.5. The molecule has 0 N–H and O–H groups in total. The van der Waals surface area contributed by atoms with Gasteiger partial charge in [-0.25, -0.2) is 0 Å². The van der Waals surface area contributed by atoms with Crippen LogP contribution in [0.25, 0.3) is 5.57 Å². The van der Waals surface area contributed by atoms with Crippen molar-refractivity contribution in [1.82, 2.24) is 0 Å². The van der Waals surface area contributed by atoms with Gasteiger partial charge in [-0.2, -0.15) is 0 Å². The summed E-state index contributed by atoms with van der Waals surface area (Å²) < 4.78 is 11.6. The van der Waals surface area contributed by atoms with Crippen molar-refractivity contribution in [2.24, 2.45) is 5.41 Å². The Morgan fingerprint density at radius 3 is 2.41 bits per heavy atom. The number of ether oxygens (including phenoxy) is 2. The maximum atomic E-state index is 11.5. The van der Waals surface area contributed by atoms with E-state index in [1.165, 1.54) is 5.57 Å². The van der Waals surface area contributed by atoms with Gasteiger partial charge in [0.2, 0.25) is 0 Å². The zero-order valence-electron chi connectivity index (χ0n) is 14.7. The van der Waals surface area contributed by atoms with E-state index in [4.69, 9.17) is 9.47 Å². The number of Topliss-reactive ketones (excluding diaryl/α,β-unsaturated/α-hetero) is 1. The third-order valence-corrected chi connectivity index (χ3v) is 3.79. The number of hydrogen-bond donors (Lipinski definition) is 0. The van der Waals surface area contributed by atoms with E-state index in [0.717, 1.165) is 16.9 Å². The predicted octanol–water partition coefficient (Wildman–Crippen LogP) is 4.43. The van der Waals surface area contributed by atoms with Crippen molar-refractivity contribution in [2.45, 2.75) is 53.6 Å². The van der Waals surface area contributed by atoms with Gasteiger partial charge in [-0.3, -0.25) is 4.79 Å². The number of fused-ring (bicyclic) bond motifs is 1. The minimum atomic E-state index is -0.358. The Morgan fingerprint density at radius 1 is 1.27 bits per heavy atom. The van der Waals surface area contributed by atoms with Crippen LogP contribution >= 0.6 is 0 Å². The van der Waals surface area contributed by atoms with Gasteiger partial charge in [0.15, 0.2) is 0 Å². The maximum absolute atomic E-state index is 11.5. The van der Waals surface area contributed by atoms with Crippen molar-refractivity contribution >= 4 is 11.4 Å². The molecule has 3 heteroatoms. The van der Waals surface area contributed by atoms with Crippen molar-refractivity contribution in [3.63, 3.8) is 0 Å². The molecule has 1 aromatic carbocycles. The van der Waals surface area contributed by atoms with Crippen LogP contribution in [0.15, 0.2) is 18.2 Å². The highest BCUT2D eigenvalue weighted by Gasteiger charge is 2.32. The maximum Gasteiger partial charge on any atom is 0.134 e. The Balaban J connectivity index is 2.65. The van der Waals surface area contributed by atoms with Crippen molar-refractivity contribution < 1.29 is 14.3 Å². The summed E-state index contributed by atoms with van der Waals surface area (Å²) in [6.07, 6.45) is 2.55. The van der Waals surface area contributed by atoms with Crippen molar-refractivity contribution in [2.75, 3.05) is 7.11 Å². The van der Waals surface area contributed by atoms with E-state index in [2.05, 4.69) is 40.7 Å². The Morgan fingerprint density at radius 2 is 1.91 bits per heavy atom. The minimum absolute atomic E-state index is 0.00210. The van der Waals surface area contributed by atoms with Gasteiger partial charge in [0.25, 0.3) is 0 Å². The van der Waals surface area contributed by atoms with Crippen LogP contribution in [0.1, 0.15) is 52.7 Å². The second kappa shape index (κ2) is 5.45. The molecule has 0 amide bonds. The zero-order chi connectivity index (χ0) is 16.7. The molecule has 0 spiro atoms. The van der Waals surface area contributed by atoms with Crippen molar-refractivity contribution in [3.05, 3.63) is 29.3 Å². The molecule has 0 atom stereocenters. The first-order valence-corrected chi connectivity index (χ1v) is 7.66. The van der Waals surface area contributed by atoms with Gasteiger partial charge < -0.3 is 9.47 Å². The molecular weight excluding hydrogens is 276 g/mol. The molecule has 0 saturated carbocycles. The number of rotatable bonds is 3. The van der Waals surface area contributed by atoms with E-state index in [1.54, 1.807) is 14.0 Å². The highest BCUT2D eigenvalue weighted by Crippen LogP contribution is 2.46. The molecule has 1 aliphatic rings. The molecule has 0 unspecified atom stereocenters. The molecule has 2 rings (SSSR count). The van der Waals surface area contributed by atoms with Gasteiger partial charge in [-0.05, 0) is 43.9 Å². The number of ketones is 1. The largest absolute Gasteiger partial charge is 0.496 e. The number of carbonyl (C=O) groups excluding carboxylic acids is 1. The molecule has 0 radical (unpaired) electrons. The second-order valence-electron chi connectivity index (χ2n) is 7.55. The lowest BCUT2D eigenvalue weighted by molar-refractivity contribution is -0.116. The quantitative estimate of drug-likeness (QED) is 0.828. The first-order valence-electron chi connectivity index (χ1n) is 7.66. The minimum Gasteiger partial charge on any atom is -0.496 e. The molecule has 22 heavy (non-hydrogen) atoms. The first kappa shape index (κ1) is 16.6. The smallest absolute Gasteiger partial charge is 0.134 e. The lowest BCUT2D eigenvalue weighted by Crippen LogP contribution is -2.31. The fourth-order valence-corrected chi connectivity index (χ4v) is 2.86. The van der Waals surface area contributed by atoms with Gasteiger partial charge >= 0.3 is 0 Å². The summed E-state index contributed by atoms with van der Waals surface area (Å²) in [5.41, 5.74) is 2.85. The molecule has 0 bridgehead atoms. The Kier molecular flexibility index (Phi) is 4.12. The van der Waals surface area contributed by atoms with E-state index in [0.29, 0.717) is 12.2 Å². The zero-order valence-corrected chi connectivity index (χ0v) is 14.7. The molecule has 1 aromatic rings. The fraction of sp³-hybridized carbons (Fsp3) is 0.526. The Hall–Kier alpha value is -1.77. The molecule has 0 saturated heterocycles. The lowest BCUT2D eigenvalue weighted by Gasteiger charge is -2.36. The van der Waals surface area contributed by atoms with Crippen LogP contribution in [0, 0.1) is 5.41 Å². The highest BCUT2D eigenvalue weighted by atomic mass is 16.5. The average molecular weight is 302 g/mol. The summed E-state index contributed by atoms with van der Waals surface area (Å²) in [6, 6.07) is 3.95. The van der Waals surface area contributed by atoms with Crippen LogP contribution < -0.4 is 9.47 Å². The van der Waals surface area contributed by atoms with Gasteiger partial charge in [0.1, 0.15) is 22.9 Å². The molecular formula is C19H26O3. The molecule has 3 nitrogen and oxygen atoms in total. The molecule has 1 heterocycles. The summed E-state index contributed by atoms with van der Waals surface area (Å²) in [7, 11) is 1.62. The van der Waals surface area contributed by atoms with Crippen LogP contribution in [0.2, 0.25) is 0 Å². The van der Waals surface area contributed by atoms with Crippen molar-refractivity contribution in [1.29, 1.82) is 0 Å². The summed E-state index contributed by atoms with van der Waals surface area (Å²) >= 11 is 0. The van der Waals surface area contributed by atoms with Crippen LogP contribution in [0.4, 0.5) is 0 Å². The third kappa shape index (κ3) is 3.34. The normalized spacial score (nSPS) is 16.4. The first-order chi connectivity index (χ1) is 10.0. The molecule has 0 fully saturated rings. The standard InChI is InChI=1S/C19H26O3/c1-12(20)8-13-9-14-15(18(2,3)4)11-19(5,6)22-17(14)10-16(13)21-7/h9-11H,8H2,1-7H3. The Labute approximate surface area is 133 Å². The highest BCUT2D eigenvalue weighted by molar-refractivity contribution is 5.82. The van der Waals surface area contributed by atoms with E-state index in [9.17, 15) is 4.79 Å². The van der Waals surface area contributed by atoms with Crippen LogP contribution in [-0.2, 0) is 11.2 Å². The number of carbonyl (C=O) groups is 1. The summed E-state index contributed by atoms with van der Waals surface area (Å²) in [6.45, 7) is 12.3. The Bertz CT molecular complexity index is 631. The van der Waals surface area contributed by atoms with Crippen LogP contribution in [0.3, 0.4) is 0 Å². The lowest BCUT2D eigenvalue weighted by atomic mass is 9.77. The second-order valence-corrected chi connectivity index (χ2v) is 7.55. The van der Waals surface area contributed by atoms with E-state index < -0.39 is 0 Å². The SMILES string of the molecule is COc1cc2c(cc1CC(C)=O)C(C(C)(C)C)=CC(C)(C)O2. The molecule has 0 aliphatic carbocycles. The van der Waals surface area contributed by atoms with E-state index in [-0.39, 0.29) is 16.8 Å². The van der Waals surface area contributed by atoms with Crippen molar-refractivity contribution in [3.8, 4) is 11.5 Å². The summed E-state index contributed by atoms with van der Waals surface area (Å²) in [5.74, 6) is 1.65. The monoisotopic (exact) mass is 302 g/mol. The summed E-state index contributed by atoms with van der Waals surface area (Å²) in [5, 5.41) is 0. The predicted molar refractivity (Wildman–Crippen MR) is 89.5 cm³/mol. The number of benzene rings is 1.